The van der Waals surface area contributed by atoms with E-state index in [1.807, 2.05) is 18.2 Å². The third kappa shape index (κ3) is 3.40. The first-order valence-corrected chi connectivity index (χ1v) is 10.00. The first kappa shape index (κ1) is 19.6. The lowest BCUT2D eigenvalue weighted by molar-refractivity contribution is -0.121. The fourth-order valence-corrected chi connectivity index (χ4v) is 4.40. The summed E-state index contributed by atoms with van der Waals surface area (Å²) in [5.74, 6) is 2.31. The van der Waals surface area contributed by atoms with E-state index < -0.39 is 5.91 Å². The van der Waals surface area contributed by atoms with Crippen molar-refractivity contribution in [2.75, 3.05) is 12.0 Å². The van der Waals surface area contributed by atoms with Gasteiger partial charge in [0.05, 0.1) is 24.0 Å². The fourth-order valence-electron chi connectivity index (χ4n) is 3.35. The number of anilines is 1. The van der Waals surface area contributed by atoms with Crippen molar-refractivity contribution < 1.29 is 19.1 Å². The number of amides is 3. The molecule has 150 valence electrons. The summed E-state index contributed by atoms with van der Waals surface area (Å²) in [4.78, 5) is 42.4. The Hall–Kier alpha value is -3.70. The molecule has 4 rings (SSSR count). The molecular weight excluding hydrogens is 402 g/mol. The highest BCUT2D eigenvalue weighted by molar-refractivity contribution is 7.16. The second-order valence-electron chi connectivity index (χ2n) is 6.57. The Labute approximate surface area is 176 Å². The number of rotatable bonds is 4. The maximum Gasteiger partial charge on any atom is 0.279 e. The number of carbonyl (C=O) groups is 3. The van der Waals surface area contributed by atoms with Crippen LogP contribution in [0.4, 0.5) is 5.69 Å². The van der Waals surface area contributed by atoms with E-state index >= 15 is 0 Å². The zero-order valence-corrected chi connectivity index (χ0v) is 16.9. The summed E-state index contributed by atoms with van der Waals surface area (Å²) in [6.07, 6.45) is 5.93. The number of thiazole rings is 1. The van der Waals surface area contributed by atoms with Crippen molar-refractivity contribution in [3.05, 3.63) is 52.8 Å². The normalized spacial score (nSPS) is 14.4. The summed E-state index contributed by atoms with van der Waals surface area (Å²) in [6.45, 7) is 0.241. The van der Waals surface area contributed by atoms with Gasteiger partial charge in [-0.25, -0.2) is 0 Å². The molecule has 0 saturated carbocycles. The van der Waals surface area contributed by atoms with Gasteiger partial charge >= 0.3 is 0 Å². The predicted molar refractivity (Wildman–Crippen MR) is 113 cm³/mol. The number of para-hydroxylation sites is 1. The number of fused-ring (bicyclic) bond motifs is 1. The first-order valence-electron chi connectivity index (χ1n) is 9.18. The molecular formula is C22H17N3O4S. The molecule has 1 saturated heterocycles. The van der Waals surface area contributed by atoms with E-state index in [2.05, 4.69) is 10.9 Å². The molecule has 0 aliphatic carbocycles. The van der Waals surface area contributed by atoms with Crippen LogP contribution in [-0.2, 0) is 16.1 Å². The second kappa shape index (κ2) is 7.97. The van der Waals surface area contributed by atoms with Gasteiger partial charge in [0.2, 0.25) is 11.8 Å². The summed E-state index contributed by atoms with van der Waals surface area (Å²) in [6, 6.07) is 11.9. The van der Waals surface area contributed by atoms with Gasteiger partial charge in [0, 0.05) is 18.4 Å². The Balaban J connectivity index is 1.72. The molecule has 3 amide bonds. The SMILES string of the molecule is C#CCn1c(=NC(=O)c2ccc(N3C(=O)CCC3=O)cc2)sc2cccc(OC)c21. The molecule has 0 N–H and O–H groups in total. The van der Waals surface area contributed by atoms with Crippen LogP contribution in [0.1, 0.15) is 23.2 Å². The molecule has 0 bridgehead atoms. The van der Waals surface area contributed by atoms with Crippen LogP contribution in [0.3, 0.4) is 0 Å². The van der Waals surface area contributed by atoms with Gasteiger partial charge in [-0.2, -0.15) is 4.99 Å². The molecule has 1 aliphatic heterocycles. The van der Waals surface area contributed by atoms with Gasteiger partial charge in [0.15, 0.2) is 4.80 Å². The zero-order valence-electron chi connectivity index (χ0n) is 16.1. The van der Waals surface area contributed by atoms with E-state index in [9.17, 15) is 14.4 Å². The lowest BCUT2D eigenvalue weighted by Crippen LogP contribution is -2.28. The highest BCUT2D eigenvalue weighted by Gasteiger charge is 2.30. The summed E-state index contributed by atoms with van der Waals surface area (Å²) < 4.78 is 8.10. The Kier molecular flexibility index (Phi) is 5.21. The van der Waals surface area contributed by atoms with Gasteiger partial charge in [-0.3, -0.25) is 19.3 Å². The third-order valence-electron chi connectivity index (χ3n) is 4.75. The fraction of sp³-hybridized carbons (Fsp3) is 0.182. The molecule has 0 unspecified atom stereocenters. The summed E-state index contributed by atoms with van der Waals surface area (Å²) >= 11 is 1.34. The maximum absolute atomic E-state index is 12.8. The van der Waals surface area contributed by atoms with Crippen molar-refractivity contribution in [2.24, 2.45) is 4.99 Å². The number of methoxy groups -OCH3 is 1. The van der Waals surface area contributed by atoms with E-state index in [0.29, 0.717) is 21.8 Å². The minimum Gasteiger partial charge on any atom is -0.495 e. The predicted octanol–water partition coefficient (Wildman–Crippen LogP) is 2.74. The standard InChI is InChI=1S/C22H17N3O4S/c1-3-13-24-20-16(29-2)5-4-6-17(20)30-22(24)23-21(28)14-7-9-15(10-8-14)25-18(26)11-12-19(25)27/h1,4-10H,11-13H2,2H3. The van der Waals surface area contributed by atoms with Crippen LogP contribution >= 0.6 is 11.3 Å². The molecule has 1 fully saturated rings. The quantitative estimate of drug-likeness (QED) is 0.481. The van der Waals surface area contributed by atoms with Gasteiger partial charge in [-0.15, -0.1) is 6.42 Å². The second-order valence-corrected chi connectivity index (χ2v) is 7.58. The molecule has 3 aromatic rings. The highest BCUT2D eigenvalue weighted by Crippen LogP contribution is 2.27. The van der Waals surface area contributed by atoms with Crippen LogP contribution in [0, 0.1) is 12.3 Å². The van der Waals surface area contributed by atoms with Crippen LogP contribution in [0.2, 0.25) is 0 Å². The monoisotopic (exact) mass is 419 g/mol. The van der Waals surface area contributed by atoms with Crippen LogP contribution in [0.25, 0.3) is 10.2 Å². The zero-order chi connectivity index (χ0) is 21.3. The van der Waals surface area contributed by atoms with E-state index in [4.69, 9.17) is 11.2 Å². The van der Waals surface area contributed by atoms with Crippen LogP contribution in [0.15, 0.2) is 47.5 Å². The average Bonchev–Trinajstić information content (AvgIpc) is 3.27. The maximum atomic E-state index is 12.8. The molecule has 2 heterocycles. The van der Waals surface area contributed by atoms with Gasteiger partial charge < -0.3 is 9.30 Å². The van der Waals surface area contributed by atoms with Gasteiger partial charge in [0.1, 0.15) is 11.3 Å². The number of ether oxygens (including phenoxy) is 1. The van der Waals surface area contributed by atoms with E-state index in [1.54, 1.807) is 35.9 Å². The minimum absolute atomic E-state index is 0.208. The molecule has 2 aromatic carbocycles. The minimum atomic E-state index is -0.447. The first-order chi connectivity index (χ1) is 14.5. The molecule has 0 atom stereocenters. The van der Waals surface area contributed by atoms with Crippen molar-refractivity contribution in [3.8, 4) is 18.1 Å². The highest BCUT2D eigenvalue weighted by atomic mass is 32.1. The van der Waals surface area contributed by atoms with Crippen molar-refractivity contribution >= 4 is 45.0 Å². The molecule has 1 aliphatic rings. The molecule has 30 heavy (non-hydrogen) atoms. The molecule has 8 heteroatoms. The Morgan fingerprint density at radius 3 is 2.50 bits per heavy atom. The summed E-state index contributed by atoms with van der Waals surface area (Å²) in [5, 5.41) is 0. The smallest absolute Gasteiger partial charge is 0.279 e. The number of hydrogen-bond acceptors (Lipinski definition) is 5. The number of benzene rings is 2. The molecule has 0 radical (unpaired) electrons. The number of imide groups is 1. The van der Waals surface area contributed by atoms with E-state index in [1.165, 1.54) is 11.3 Å². The van der Waals surface area contributed by atoms with Crippen molar-refractivity contribution in [1.82, 2.24) is 4.57 Å². The number of hydrogen-bond donors (Lipinski definition) is 0. The lowest BCUT2D eigenvalue weighted by atomic mass is 10.2. The summed E-state index contributed by atoms with van der Waals surface area (Å²) in [7, 11) is 1.58. The summed E-state index contributed by atoms with van der Waals surface area (Å²) in [5.41, 5.74) is 1.58. The Morgan fingerprint density at radius 2 is 1.87 bits per heavy atom. The molecule has 7 nitrogen and oxygen atoms in total. The number of terminal acetylenes is 1. The molecule has 1 aromatic heterocycles. The van der Waals surface area contributed by atoms with Crippen LogP contribution in [0.5, 0.6) is 5.75 Å². The van der Waals surface area contributed by atoms with Gasteiger partial charge in [-0.05, 0) is 36.4 Å². The largest absolute Gasteiger partial charge is 0.495 e. The number of aromatic nitrogens is 1. The number of nitrogens with zero attached hydrogens (tertiary/aromatic N) is 3. The Morgan fingerprint density at radius 1 is 1.17 bits per heavy atom. The lowest BCUT2D eigenvalue weighted by Gasteiger charge is -2.13. The average molecular weight is 419 g/mol. The van der Waals surface area contributed by atoms with Crippen LogP contribution < -0.4 is 14.4 Å². The van der Waals surface area contributed by atoms with Gasteiger partial charge in [0.25, 0.3) is 5.91 Å². The molecule has 0 spiro atoms. The van der Waals surface area contributed by atoms with Crippen molar-refractivity contribution in [3.63, 3.8) is 0 Å². The van der Waals surface area contributed by atoms with E-state index in [-0.39, 0.29) is 31.2 Å². The van der Waals surface area contributed by atoms with E-state index in [0.717, 1.165) is 15.1 Å². The Bertz CT molecular complexity index is 1260. The van der Waals surface area contributed by atoms with Crippen molar-refractivity contribution in [2.45, 2.75) is 19.4 Å². The van der Waals surface area contributed by atoms with Crippen LogP contribution in [-0.4, -0.2) is 29.4 Å². The third-order valence-corrected chi connectivity index (χ3v) is 5.80. The van der Waals surface area contributed by atoms with Gasteiger partial charge in [-0.1, -0.05) is 23.3 Å². The van der Waals surface area contributed by atoms with Crippen molar-refractivity contribution in [1.29, 1.82) is 0 Å². The number of carbonyl (C=O) groups excluding carboxylic acids is 3. The topological polar surface area (TPSA) is 81.0 Å².